The average molecular weight is 274 g/mol. The van der Waals surface area contributed by atoms with Crippen LogP contribution < -0.4 is 10.6 Å². The number of hydrogen-bond acceptors (Lipinski definition) is 3. The summed E-state index contributed by atoms with van der Waals surface area (Å²) in [5, 5.41) is 6.45. The predicted octanol–water partition coefficient (Wildman–Crippen LogP) is 2.20. The molecule has 1 aliphatic carbocycles. The van der Waals surface area contributed by atoms with Crippen LogP contribution in [0, 0.1) is 5.41 Å². The Hall–Kier alpha value is -1.55. The van der Waals surface area contributed by atoms with Gasteiger partial charge in [-0.05, 0) is 36.6 Å². The van der Waals surface area contributed by atoms with Gasteiger partial charge in [0.05, 0.1) is 6.10 Å². The molecule has 4 heteroatoms. The van der Waals surface area contributed by atoms with E-state index in [-0.39, 0.29) is 23.5 Å². The number of amides is 1. The maximum atomic E-state index is 12.4. The molecule has 0 saturated heterocycles. The molecule has 0 spiro atoms. The van der Waals surface area contributed by atoms with Crippen LogP contribution >= 0.6 is 0 Å². The molecule has 108 valence electrons. The Kier molecular flexibility index (Phi) is 3.21. The van der Waals surface area contributed by atoms with Crippen molar-refractivity contribution in [2.75, 3.05) is 19.0 Å². The van der Waals surface area contributed by atoms with Gasteiger partial charge in [0.1, 0.15) is 0 Å². The Labute approximate surface area is 119 Å². The highest BCUT2D eigenvalue weighted by Gasteiger charge is 2.49. The molecule has 3 rings (SSSR count). The number of carbonyl (C=O) groups excluding carboxylic acids is 1. The molecule has 2 atom stereocenters. The third kappa shape index (κ3) is 2.08. The molecule has 1 saturated carbocycles. The summed E-state index contributed by atoms with van der Waals surface area (Å²) in [6.45, 7) is 5.25. The first-order valence-corrected chi connectivity index (χ1v) is 7.23. The monoisotopic (exact) mass is 274 g/mol. The van der Waals surface area contributed by atoms with E-state index in [1.807, 2.05) is 18.2 Å². The second-order valence-electron chi connectivity index (χ2n) is 6.36. The van der Waals surface area contributed by atoms with Crippen LogP contribution in [0.25, 0.3) is 0 Å². The lowest BCUT2D eigenvalue weighted by atomic mass is 9.64. The fraction of sp³-hybridized carbons (Fsp3) is 0.562. The van der Waals surface area contributed by atoms with Crippen molar-refractivity contribution in [3.05, 3.63) is 29.3 Å². The minimum absolute atomic E-state index is 0.00267. The Morgan fingerprint density at radius 2 is 2.25 bits per heavy atom. The van der Waals surface area contributed by atoms with Crippen molar-refractivity contribution in [2.45, 2.75) is 38.8 Å². The van der Waals surface area contributed by atoms with E-state index in [4.69, 9.17) is 4.74 Å². The zero-order valence-corrected chi connectivity index (χ0v) is 12.3. The molecule has 1 aromatic carbocycles. The summed E-state index contributed by atoms with van der Waals surface area (Å²) in [4.78, 5) is 12.4. The molecule has 0 radical (unpaired) electrons. The number of anilines is 1. The number of carbonyl (C=O) groups is 1. The van der Waals surface area contributed by atoms with Crippen molar-refractivity contribution in [2.24, 2.45) is 5.41 Å². The van der Waals surface area contributed by atoms with Gasteiger partial charge in [0.15, 0.2) is 0 Å². The molecule has 1 amide bonds. The van der Waals surface area contributed by atoms with Crippen LogP contribution in [0.2, 0.25) is 0 Å². The highest BCUT2D eigenvalue weighted by Crippen LogP contribution is 2.42. The minimum Gasteiger partial charge on any atom is -0.384 e. The highest BCUT2D eigenvalue weighted by molar-refractivity contribution is 5.95. The lowest BCUT2D eigenvalue weighted by Crippen LogP contribution is -2.61. The lowest BCUT2D eigenvalue weighted by Gasteiger charge is -2.51. The summed E-state index contributed by atoms with van der Waals surface area (Å²) in [5.74, 6) is 0.0207. The second kappa shape index (κ2) is 4.77. The van der Waals surface area contributed by atoms with Crippen molar-refractivity contribution in [1.82, 2.24) is 5.32 Å². The molecule has 1 aromatic rings. The van der Waals surface area contributed by atoms with E-state index in [1.54, 1.807) is 7.11 Å². The quantitative estimate of drug-likeness (QED) is 0.888. The van der Waals surface area contributed by atoms with Crippen LogP contribution in [-0.4, -0.2) is 31.7 Å². The number of methoxy groups -OCH3 is 1. The minimum atomic E-state index is 0.00267. The molecule has 0 unspecified atom stereocenters. The summed E-state index contributed by atoms with van der Waals surface area (Å²) in [5.41, 5.74) is 3.15. The first-order chi connectivity index (χ1) is 9.52. The fourth-order valence-corrected chi connectivity index (χ4v) is 3.22. The van der Waals surface area contributed by atoms with Crippen molar-refractivity contribution >= 4 is 11.6 Å². The van der Waals surface area contributed by atoms with Crippen LogP contribution in [-0.2, 0) is 11.2 Å². The second-order valence-corrected chi connectivity index (χ2v) is 6.36. The highest BCUT2D eigenvalue weighted by atomic mass is 16.5. The Balaban J connectivity index is 1.69. The van der Waals surface area contributed by atoms with Crippen LogP contribution in [0.1, 0.15) is 36.2 Å². The predicted molar refractivity (Wildman–Crippen MR) is 79.1 cm³/mol. The van der Waals surface area contributed by atoms with Gasteiger partial charge in [0.25, 0.3) is 5.91 Å². The zero-order valence-electron chi connectivity index (χ0n) is 12.3. The number of nitrogens with one attached hydrogen (secondary N) is 2. The van der Waals surface area contributed by atoms with Crippen molar-refractivity contribution in [3.63, 3.8) is 0 Å². The van der Waals surface area contributed by atoms with E-state index in [1.165, 1.54) is 5.56 Å². The van der Waals surface area contributed by atoms with Gasteiger partial charge in [0, 0.05) is 36.4 Å². The molecule has 20 heavy (non-hydrogen) atoms. The Morgan fingerprint density at radius 1 is 1.45 bits per heavy atom. The first-order valence-electron chi connectivity index (χ1n) is 7.23. The van der Waals surface area contributed by atoms with Gasteiger partial charge in [-0.3, -0.25) is 4.79 Å². The normalized spacial score (nSPS) is 26.4. The number of rotatable bonds is 3. The van der Waals surface area contributed by atoms with E-state index >= 15 is 0 Å². The molecule has 1 fully saturated rings. The van der Waals surface area contributed by atoms with E-state index < -0.39 is 0 Å². The zero-order chi connectivity index (χ0) is 14.3. The van der Waals surface area contributed by atoms with E-state index in [2.05, 4.69) is 24.5 Å². The van der Waals surface area contributed by atoms with Crippen LogP contribution in [0.15, 0.2) is 18.2 Å². The molecule has 4 nitrogen and oxygen atoms in total. The topological polar surface area (TPSA) is 50.4 Å². The third-order valence-electron chi connectivity index (χ3n) is 4.84. The number of hydrogen-bond donors (Lipinski definition) is 2. The van der Waals surface area contributed by atoms with Crippen LogP contribution in [0.5, 0.6) is 0 Å². The lowest BCUT2D eigenvalue weighted by molar-refractivity contribution is -0.0942. The SMILES string of the molecule is CO[C@H]1C[C@@H](NC(=O)c2ccc3c(c2)CCN3)C1(C)C. The number of fused-ring (bicyclic) bond motifs is 1. The van der Waals surface area contributed by atoms with Gasteiger partial charge >= 0.3 is 0 Å². The first kappa shape index (κ1) is 13.4. The smallest absolute Gasteiger partial charge is 0.251 e. The Morgan fingerprint density at radius 3 is 2.95 bits per heavy atom. The van der Waals surface area contributed by atoms with Gasteiger partial charge in [-0.15, -0.1) is 0 Å². The van der Waals surface area contributed by atoms with Gasteiger partial charge in [-0.25, -0.2) is 0 Å². The van der Waals surface area contributed by atoms with Gasteiger partial charge in [0.2, 0.25) is 0 Å². The molecular formula is C16H22N2O2. The largest absolute Gasteiger partial charge is 0.384 e. The Bertz CT molecular complexity index is 539. The number of benzene rings is 1. The summed E-state index contributed by atoms with van der Waals surface area (Å²) in [6, 6.07) is 6.09. The third-order valence-corrected chi connectivity index (χ3v) is 4.84. The summed E-state index contributed by atoms with van der Waals surface area (Å²) in [6.07, 6.45) is 2.12. The summed E-state index contributed by atoms with van der Waals surface area (Å²) >= 11 is 0. The molecule has 0 aromatic heterocycles. The van der Waals surface area contributed by atoms with Gasteiger partial charge < -0.3 is 15.4 Å². The molecule has 2 aliphatic rings. The van der Waals surface area contributed by atoms with E-state index in [9.17, 15) is 4.79 Å². The van der Waals surface area contributed by atoms with Crippen LogP contribution in [0.3, 0.4) is 0 Å². The maximum absolute atomic E-state index is 12.4. The van der Waals surface area contributed by atoms with E-state index in [0.29, 0.717) is 0 Å². The van der Waals surface area contributed by atoms with Crippen molar-refractivity contribution in [3.8, 4) is 0 Å². The maximum Gasteiger partial charge on any atom is 0.251 e. The summed E-state index contributed by atoms with van der Waals surface area (Å²) in [7, 11) is 1.73. The molecule has 0 bridgehead atoms. The number of ether oxygens (including phenoxy) is 1. The van der Waals surface area contributed by atoms with Crippen molar-refractivity contribution < 1.29 is 9.53 Å². The van der Waals surface area contributed by atoms with Gasteiger partial charge in [-0.1, -0.05) is 13.8 Å². The van der Waals surface area contributed by atoms with E-state index in [0.717, 1.165) is 30.6 Å². The van der Waals surface area contributed by atoms with Gasteiger partial charge in [-0.2, -0.15) is 0 Å². The molecule has 1 aliphatic heterocycles. The fourth-order valence-electron chi connectivity index (χ4n) is 3.22. The molecular weight excluding hydrogens is 252 g/mol. The average Bonchev–Trinajstić information content (AvgIpc) is 2.89. The van der Waals surface area contributed by atoms with Crippen molar-refractivity contribution in [1.29, 1.82) is 0 Å². The molecule has 2 N–H and O–H groups in total. The molecule has 1 heterocycles. The standard InChI is InChI=1S/C16H22N2O2/c1-16(2)13(9-14(16)20-3)18-15(19)11-4-5-12-10(8-11)6-7-17-12/h4-5,8,13-14,17H,6-7,9H2,1-3H3,(H,18,19)/t13-,14+/m1/s1. The summed E-state index contributed by atoms with van der Waals surface area (Å²) < 4.78 is 5.42. The van der Waals surface area contributed by atoms with Crippen LogP contribution in [0.4, 0.5) is 5.69 Å².